The standard InChI is InChI=1S/C25H56O6Si3/c1-10-32(11-2,12-3)29-23-21(19-26)28-22(20-27)24(30-33(13-4,14-5)15-6)25(23)31-34(16-7,17-8)18-9/h21-27H,10-20H2,1-9H3/t21-,22?,23+,24+,25+/m1/s1/i26D/t21?,22-,23+,24+,25-. The van der Waals surface area contributed by atoms with Gasteiger partial charge in [-0.05, 0) is 54.4 Å². The zero-order chi connectivity index (χ0) is 26.7. The van der Waals surface area contributed by atoms with Gasteiger partial charge in [0.2, 0.25) is 1.43 Å². The predicted molar refractivity (Wildman–Crippen MR) is 149 cm³/mol. The minimum atomic E-state index is -2.05. The van der Waals surface area contributed by atoms with Crippen LogP contribution in [0.4, 0.5) is 0 Å². The Balaban J connectivity index is 3.68. The van der Waals surface area contributed by atoms with Crippen molar-refractivity contribution in [1.29, 1.82) is 1.43 Å². The van der Waals surface area contributed by atoms with Crippen LogP contribution in [0.5, 0.6) is 0 Å². The molecule has 1 aliphatic rings. The summed E-state index contributed by atoms with van der Waals surface area (Å²) in [7, 11) is -6.12. The van der Waals surface area contributed by atoms with Gasteiger partial charge in [-0.2, -0.15) is 0 Å². The van der Waals surface area contributed by atoms with Gasteiger partial charge in [0, 0.05) is 0 Å². The Labute approximate surface area is 215 Å². The predicted octanol–water partition coefficient (Wildman–Crippen LogP) is 5.91. The van der Waals surface area contributed by atoms with Crippen molar-refractivity contribution in [3.05, 3.63) is 0 Å². The summed E-state index contributed by atoms with van der Waals surface area (Å²) < 4.78 is 35.4. The average Bonchev–Trinajstić information content (AvgIpc) is 2.91. The molecule has 1 fully saturated rings. The molecule has 6 nitrogen and oxygen atoms in total. The molecule has 1 unspecified atom stereocenters. The molecule has 0 aliphatic carbocycles. The molecule has 34 heavy (non-hydrogen) atoms. The highest BCUT2D eigenvalue weighted by molar-refractivity contribution is 6.74. The first-order valence-corrected chi connectivity index (χ1v) is 21.7. The number of aliphatic hydroxyl groups is 2. The smallest absolute Gasteiger partial charge is 0.210 e. The lowest BCUT2D eigenvalue weighted by molar-refractivity contribution is -0.223. The number of aliphatic hydroxyl groups excluding tert-OH is 2. The summed E-state index contributed by atoms with van der Waals surface area (Å²) in [5.74, 6) is 0. The molecule has 9 heteroatoms. The van der Waals surface area contributed by atoms with E-state index < -0.39 is 37.2 Å². The van der Waals surface area contributed by atoms with E-state index in [1.165, 1.54) is 0 Å². The van der Waals surface area contributed by atoms with Gasteiger partial charge in [-0.3, -0.25) is 0 Å². The fourth-order valence-corrected chi connectivity index (χ4v) is 14.1. The van der Waals surface area contributed by atoms with Crippen molar-refractivity contribution < 1.29 is 28.2 Å². The fraction of sp³-hybridized carbons (Fsp3) is 1.00. The highest BCUT2D eigenvalue weighted by atomic mass is 28.4. The largest absolute Gasteiger partial charge is 0.409 e. The third kappa shape index (κ3) is 7.25. The van der Waals surface area contributed by atoms with E-state index in [9.17, 15) is 5.11 Å². The van der Waals surface area contributed by atoms with E-state index in [0.717, 1.165) is 54.4 Å². The van der Waals surface area contributed by atoms with Crippen molar-refractivity contribution in [3.8, 4) is 0 Å². The minimum Gasteiger partial charge on any atom is -0.409 e. The minimum absolute atomic E-state index is 0.0895. The maximum absolute atomic E-state index is 10.5. The second-order valence-corrected chi connectivity index (χ2v) is 24.2. The van der Waals surface area contributed by atoms with Gasteiger partial charge in [-0.15, -0.1) is 0 Å². The van der Waals surface area contributed by atoms with Crippen molar-refractivity contribution in [2.45, 2.75) is 147 Å². The molecule has 0 bridgehead atoms. The lowest BCUT2D eigenvalue weighted by Gasteiger charge is -2.52. The van der Waals surface area contributed by atoms with E-state index in [2.05, 4.69) is 62.3 Å². The molecule has 0 aromatic rings. The molecule has 0 amide bonds. The summed E-state index contributed by atoms with van der Waals surface area (Å²) in [4.78, 5) is 0. The summed E-state index contributed by atoms with van der Waals surface area (Å²) >= 11 is 0. The first-order chi connectivity index (χ1) is 16.7. The SMILES string of the molecule is [2H]OCC1O[C@H](CO)[C@H](O[Si](CC)(CC)CC)[C@H](O[Si](CC)(CC)CC)[C@H]1O[Si](CC)(CC)CC. The van der Waals surface area contributed by atoms with Gasteiger partial charge in [-0.1, -0.05) is 62.3 Å². The molecule has 1 aliphatic heterocycles. The Morgan fingerprint density at radius 2 is 0.853 bits per heavy atom. The fourth-order valence-electron chi connectivity index (χ4n) is 5.56. The highest BCUT2D eigenvalue weighted by Crippen LogP contribution is 2.38. The van der Waals surface area contributed by atoms with E-state index >= 15 is 0 Å². The van der Waals surface area contributed by atoms with E-state index in [4.69, 9.17) is 24.6 Å². The summed E-state index contributed by atoms with van der Waals surface area (Å²) in [6.45, 7) is 20.0. The Morgan fingerprint density at radius 3 is 1.12 bits per heavy atom. The molecule has 5 atom stereocenters. The number of ether oxygens (including phenoxy) is 1. The Morgan fingerprint density at radius 1 is 0.559 bits per heavy atom. The molecule has 1 saturated heterocycles. The molecule has 0 aromatic carbocycles. The van der Waals surface area contributed by atoms with Gasteiger partial charge < -0.3 is 28.2 Å². The van der Waals surface area contributed by atoms with Crippen LogP contribution in [0.3, 0.4) is 0 Å². The molecule has 204 valence electrons. The molecule has 1 heterocycles. The summed E-state index contributed by atoms with van der Waals surface area (Å²) in [5.41, 5.74) is 0. The van der Waals surface area contributed by atoms with Gasteiger partial charge in [-0.25, -0.2) is 0 Å². The van der Waals surface area contributed by atoms with E-state index in [0.29, 0.717) is 0 Å². The van der Waals surface area contributed by atoms with Gasteiger partial charge in [0.1, 0.15) is 30.5 Å². The first kappa shape index (κ1) is 30.6. The van der Waals surface area contributed by atoms with E-state index in [1.807, 2.05) is 0 Å². The topological polar surface area (TPSA) is 77.4 Å². The zero-order valence-corrected chi connectivity index (χ0v) is 26.7. The molecular weight excluding hydrogens is 481 g/mol. The van der Waals surface area contributed by atoms with Gasteiger partial charge >= 0.3 is 0 Å². The van der Waals surface area contributed by atoms with Crippen molar-refractivity contribution in [1.82, 2.24) is 0 Å². The molecule has 0 saturated carbocycles. The van der Waals surface area contributed by atoms with Gasteiger partial charge in [0.25, 0.3) is 0 Å². The summed E-state index contributed by atoms with van der Waals surface area (Å²) in [6, 6.07) is 9.17. The molecule has 0 spiro atoms. The lowest BCUT2D eigenvalue weighted by Crippen LogP contribution is -2.67. The van der Waals surface area contributed by atoms with Crippen molar-refractivity contribution in [2.75, 3.05) is 13.2 Å². The monoisotopic (exact) mass is 537 g/mol. The maximum atomic E-state index is 10.5. The third-order valence-electron chi connectivity index (χ3n) is 9.03. The number of hydrogen-bond donors (Lipinski definition) is 2. The second kappa shape index (κ2) is 15.0. The normalized spacial score (nSPS) is 27.1. The molecule has 0 radical (unpaired) electrons. The lowest BCUT2D eigenvalue weighted by atomic mass is 9.95. The highest BCUT2D eigenvalue weighted by Gasteiger charge is 2.53. The summed E-state index contributed by atoms with van der Waals surface area (Å²) in [5, 5.41) is 15.3. The van der Waals surface area contributed by atoms with Crippen LogP contribution in [-0.2, 0) is 18.0 Å². The Kier molecular flexibility index (Phi) is 13.5. The van der Waals surface area contributed by atoms with E-state index in [1.54, 1.807) is 0 Å². The summed E-state index contributed by atoms with van der Waals surface area (Å²) in [6.07, 6.45) is -2.07. The van der Waals surface area contributed by atoms with Crippen LogP contribution < -0.4 is 0 Å². The quantitative estimate of drug-likeness (QED) is 0.212. The van der Waals surface area contributed by atoms with Gasteiger partial charge in [0.05, 0.1) is 13.2 Å². The van der Waals surface area contributed by atoms with Crippen LogP contribution in [0, 0.1) is 0 Å². The Hall–Kier alpha value is 0.411. The second-order valence-electron chi connectivity index (χ2n) is 10.0. The number of hydrogen-bond acceptors (Lipinski definition) is 6. The van der Waals surface area contributed by atoms with Crippen LogP contribution in [0.1, 0.15) is 62.3 Å². The molecular formula is C25H56O6Si3. The van der Waals surface area contributed by atoms with E-state index in [-0.39, 0.29) is 31.5 Å². The van der Waals surface area contributed by atoms with Crippen LogP contribution >= 0.6 is 0 Å². The molecule has 2 N–H and O–H groups in total. The van der Waals surface area contributed by atoms with Crippen LogP contribution in [-0.4, -0.2) is 80.3 Å². The van der Waals surface area contributed by atoms with Crippen molar-refractivity contribution >= 4 is 25.0 Å². The Bertz CT molecular complexity index is 551. The molecule has 1 rings (SSSR count). The maximum Gasteiger partial charge on any atom is 0.210 e. The number of rotatable bonds is 18. The average molecular weight is 538 g/mol. The first-order valence-electron chi connectivity index (χ1n) is 14.5. The van der Waals surface area contributed by atoms with Crippen LogP contribution in [0.15, 0.2) is 0 Å². The van der Waals surface area contributed by atoms with Crippen LogP contribution in [0.2, 0.25) is 54.4 Å². The van der Waals surface area contributed by atoms with Crippen molar-refractivity contribution in [2.24, 2.45) is 0 Å². The van der Waals surface area contributed by atoms with Gasteiger partial charge in [0.15, 0.2) is 25.0 Å². The third-order valence-corrected chi connectivity index (χ3v) is 22.9. The van der Waals surface area contributed by atoms with Crippen molar-refractivity contribution in [3.63, 3.8) is 0 Å². The van der Waals surface area contributed by atoms with Crippen LogP contribution in [0.25, 0.3) is 0 Å². The zero-order valence-electron chi connectivity index (χ0n) is 24.7. The molecule has 0 aromatic heterocycles.